The third kappa shape index (κ3) is 4.95. The van der Waals surface area contributed by atoms with Crippen LogP contribution in [0.2, 0.25) is 0 Å². The third-order valence-corrected chi connectivity index (χ3v) is 5.36. The van der Waals surface area contributed by atoms with Crippen LogP contribution in [-0.2, 0) is 6.61 Å². The second-order valence-electron chi connectivity index (χ2n) is 7.60. The van der Waals surface area contributed by atoms with Crippen molar-refractivity contribution >= 4 is 11.6 Å². The summed E-state index contributed by atoms with van der Waals surface area (Å²) < 4.78 is 7.85. The Morgan fingerprint density at radius 2 is 2.07 bits per heavy atom. The summed E-state index contributed by atoms with van der Waals surface area (Å²) in [5.74, 6) is 0.643. The number of carbonyl (C=O) groups excluding carboxylic acids is 1. The van der Waals surface area contributed by atoms with E-state index in [9.17, 15) is 4.79 Å². The molecule has 0 saturated carbocycles. The number of amides is 1. The van der Waals surface area contributed by atoms with Crippen LogP contribution >= 0.6 is 0 Å². The number of nitrogens with zero attached hydrogens (tertiary/aromatic N) is 3. The van der Waals surface area contributed by atoms with Gasteiger partial charge in [-0.2, -0.15) is 0 Å². The maximum atomic E-state index is 12.7. The van der Waals surface area contributed by atoms with Gasteiger partial charge < -0.3 is 19.4 Å². The van der Waals surface area contributed by atoms with E-state index in [1.807, 2.05) is 53.2 Å². The van der Waals surface area contributed by atoms with Gasteiger partial charge >= 0.3 is 0 Å². The SMILES string of the molecule is CCCN1CCC(NC(=O)c2cccc(OCc3cn4ccccc4n3)c2)CC1. The van der Waals surface area contributed by atoms with Gasteiger partial charge in [-0.25, -0.2) is 4.98 Å². The third-order valence-electron chi connectivity index (χ3n) is 5.36. The number of piperidine rings is 1. The fraction of sp³-hybridized carbons (Fsp3) is 0.391. The van der Waals surface area contributed by atoms with E-state index in [1.54, 1.807) is 6.07 Å². The topological polar surface area (TPSA) is 58.9 Å². The van der Waals surface area contributed by atoms with Crippen LogP contribution in [0.5, 0.6) is 5.75 Å². The second-order valence-corrected chi connectivity index (χ2v) is 7.60. The van der Waals surface area contributed by atoms with E-state index in [0.29, 0.717) is 17.9 Å². The summed E-state index contributed by atoms with van der Waals surface area (Å²) in [5.41, 5.74) is 2.38. The number of rotatable bonds is 7. The molecule has 0 radical (unpaired) electrons. The average molecular weight is 393 g/mol. The highest BCUT2D eigenvalue weighted by Crippen LogP contribution is 2.17. The van der Waals surface area contributed by atoms with E-state index < -0.39 is 0 Å². The van der Waals surface area contributed by atoms with Crippen LogP contribution in [0.25, 0.3) is 5.65 Å². The number of likely N-dealkylation sites (tertiary alicyclic amines) is 1. The van der Waals surface area contributed by atoms with Gasteiger partial charge in [-0.15, -0.1) is 0 Å². The normalized spacial score (nSPS) is 15.5. The molecule has 152 valence electrons. The molecule has 1 N–H and O–H groups in total. The monoisotopic (exact) mass is 392 g/mol. The standard InChI is InChI=1S/C23H28N4O2/c1-2-11-26-13-9-19(10-14-26)25-23(28)18-6-5-7-21(15-18)29-17-20-16-27-12-4-3-8-22(27)24-20/h3-8,12,15-16,19H,2,9-11,13-14,17H2,1H3,(H,25,28). The molecule has 3 aromatic rings. The highest BCUT2D eigenvalue weighted by atomic mass is 16.5. The first-order valence-corrected chi connectivity index (χ1v) is 10.4. The maximum absolute atomic E-state index is 12.7. The molecule has 0 aliphatic carbocycles. The fourth-order valence-electron chi connectivity index (χ4n) is 3.83. The molecule has 0 unspecified atom stereocenters. The zero-order valence-electron chi connectivity index (χ0n) is 16.9. The molecule has 2 aromatic heterocycles. The van der Waals surface area contributed by atoms with E-state index in [4.69, 9.17) is 4.74 Å². The average Bonchev–Trinajstić information content (AvgIpc) is 3.17. The molecule has 1 aliphatic heterocycles. The Bertz CT molecular complexity index is 927. The molecule has 0 atom stereocenters. The van der Waals surface area contributed by atoms with Gasteiger partial charge in [0.2, 0.25) is 0 Å². The van der Waals surface area contributed by atoms with E-state index in [2.05, 4.69) is 22.1 Å². The van der Waals surface area contributed by atoms with E-state index in [0.717, 1.165) is 43.8 Å². The first-order valence-electron chi connectivity index (χ1n) is 10.4. The van der Waals surface area contributed by atoms with Gasteiger partial charge in [0, 0.05) is 37.1 Å². The Morgan fingerprint density at radius 3 is 2.86 bits per heavy atom. The van der Waals surface area contributed by atoms with Crippen LogP contribution in [0, 0.1) is 0 Å². The molecule has 3 heterocycles. The lowest BCUT2D eigenvalue weighted by Gasteiger charge is -2.32. The molecule has 1 amide bonds. The number of nitrogens with one attached hydrogen (secondary N) is 1. The van der Waals surface area contributed by atoms with Gasteiger partial charge in [-0.05, 0) is 56.1 Å². The van der Waals surface area contributed by atoms with Crippen molar-refractivity contribution in [1.29, 1.82) is 0 Å². The lowest BCUT2D eigenvalue weighted by Crippen LogP contribution is -2.44. The minimum absolute atomic E-state index is 0.0304. The van der Waals surface area contributed by atoms with Crippen LogP contribution in [-0.4, -0.2) is 45.9 Å². The lowest BCUT2D eigenvalue weighted by atomic mass is 10.0. The van der Waals surface area contributed by atoms with Gasteiger partial charge in [-0.3, -0.25) is 4.79 Å². The number of hydrogen-bond donors (Lipinski definition) is 1. The predicted molar refractivity (Wildman–Crippen MR) is 113 cm³/mol. The van der Waals surface area contributed by atoms with Gasteiger partial charge in [0.1, 0.15) is 18.0 Å². The summed E-state index contributed by atoms with van der Waals surface area (Å²) >= 11 is 0. The molecular weight excluding hydrogens is 364 g/mol. The van der Waals surface area contributed by atoms with Gasteiger partial charge in [0.15, 0.2) is 0 Å². The Morgan fingerprint density at radius 1 is 1.21 bits per heavy atom. The van der Waals surface area contributed by atoms with Gasteiger partial charge in [-0.1, -0.05) is 19.1 Å². The minimum Gasteiger partial charge on any atom is -0.487 e. The van der Waals surface area contributed by atoms with Crippen molar-refractivity contribution < 1.29 is 9.53 Å². The number of pyridine rings is 1. The quantitative estimate of drug-likeness (QED) is 0.668. The summed E-state index contributed by atoms with van der Waals surface area (Å²) in [7, 11) is 0. The van der Waals surface area contributed by atoms with Crippen LogP contribution in [0.15, 0.2) is 54.9 Å². The molecule has 29 heavy (non-hydrogen) atoms. The smallest absolute Gasteiger partial charge is 0.251 e. The van der Waals surface area contributed by atoms with Crippen molar-refractivity contribution in [3.8, 4) is 5.75 Å². The van der Waals surface area contributed by atoms with Crippen molar-refractivity contribution in [2.75, 3.05) is 19.6 Å². The summed E-state index contributed by atoms with van der Waals surface area (Å²) in [6.07, 6.45) is 7.12. The summed E-state index contributed by atoms with van der Waals surface area (Å²) in [6.45, 7) is 5.83. The first-order chi connectivity index (χ1) is 14.2. The molecule has 1 saturated heterocycles. The molecule has 0 spiro atoms. The molecule has 1 aliphatic rings. The second kappa shape index (κ2) is 9.09. The number of imidazole rings is 1. The largest absolute Gasteiger partial charge is 0.487 e. The Labute approximate surface area is 171 Å². The van der Waals surface area contributed by atoms with Crippen molar-refractivity contribution in [3.05, 3.63) is 66.1 Å². The molecule has 6 heteroatoms. The fourth-order valence-corrected chi connectivity index (χ4v) is 3.83. The number of ether oxygens (including phenoxy) is 1. The van der Waals surface area contributed by atoms with Crippen molar-refractivity contribution in [2.45, 2.75) is 38.8 Å². The van der Waals surface area contributed by atoms with E-state index in [-0.39, 0.29) is 11.9 Å². The zero-order chi connectivity index (χ0) is 20.1. The minimum atomic E-state index is -0.0304. The molecule has 6 nitrogen and oxygen atoms in total. The van der Waals surface area contributed by atoms with Crippen LogP contribution in [0.1, 0.15) is 42.2 Å². The molecule has 4 rings (SSSR count). The summed E-state index contributed by atoms with van der Waals surface area (Å²) in [4.78, 5) is 19.7. The Hall–Kier alpha value is -2.86. The zero-order valence-corrected chi connectivity index (χ0v) is 16.9. The predicted octanol–water partition coefficient (Wildman–Crippen LogP) is 3.52. The number of fused-ring (bicyclic) bond motifs is 1. The van der Waals surface area contributed by atoms with Crippen molar-refractivity contribution in [3.63, 3.8) is 0 Å². The lowest BCUT2D eigenvalue weighted by molar-refractivity contribution is 0.0910. The van der Waals surface area contributed by atoms with Crippen LogP contribution in [0.4, 0.5) is 0 Å². The molecular formula is C23H28N4O2. The molecule has 1 fully saturated rings. The first kappa shape index (κ1) is 19.5. The number of carbonyl (C=O) groups is 1. The number of benzene rings is 1. The van der Waals surface area contributed by atoms with Gasteiger partial charge in [0.25, 0.3) is 5.91 Å². The summed E-state index contributed by atoms with van der Waals surface area (Å²) in [6, 6.07) is 13.5. The van der Waals surface area contributed by atoms with Crippen molar-refractivity contribution in [2.24, 2.45) is 0 Å². The van der Waals surface area contributed by atoms with Crippen molar-refractivity contribution in [1.82, 2.24) is 19.6 Å². The van der Waals surface area contributed by atoms with Crippen LogP contribution < -0.4 is 10.1 Å². The Kier molecular flexibility index (Phi) is 6.10. The number of hydrogen-bond acceptors (Lipinski definition) is 4. The van der Waals surface area contributed by atoms with E-state index >= 15 is 0 Å². The van der Waals surface area contributed by atoms with Gasteiger partial charge in [0.05, 0.1) is 5.69 Å². The maximum Gasteiger partial charge on any atom is 0.251 e. The highest BCUT2D eigenvalue weighted by Gasteiger charge is 2.20. The van der Waals surface area contributed by atoms with E-state index in [1.165, 1.54) is 6.42 Å². The summed E-state index contributed by atoms with van der Waals surface area (Å²) in [5, 5.41) is 3.18. The highest BCUT2D eigenvalue weighted by molar-refractivity contribution is 5.94. The molecule has 1 aromatic carbocycles. The Balaban J connectivity index is 1.32. The number of aromatic nitrogens is 2. The molecule has 0 bridgehead atoms. The van der Waals surface area contributed by atoms with Crippen LogP contribution in [0.3, 0.4) is 0 Å².